The van der Waals surface area contributed by atoms with Gasteiger partial charge in [0.05, 0.1) is 22.4 Å². The molecular weight excluding hydrogens is 264 g/mol. The molecule has 0 atom stereocenters. The lowest BCUT2D eigenvalue weighted by molar-refractivity contribution is 0.598. The molecule has 2 heterocycles. The zero-order valence-corrected chi connectivity index (χ0v) is 12.8. The molecule has 0 spiro atoms. The van der Waals surface area contributed by atoms with Gasteiger partial charge in [-0.1, -0.05) is 19.9 Å². The molecule has 5 nitrogen and oxygen atoms in total. The second kappa shape index (κ2) is 4.91. The van der Waals surface area contributed by atoms with Crippen LogP contribution in [0.15, 0.2) is 35.3 Å². The van der Waals surface area contributed by atoms with E-state index in [1.807, 2.05) is 49.0 Å². The summed E-state index contributed by atoms with van der Waals surface area (Å²) in [6.07, 6.45) is 1.94. The fourth-order valence-corrected chi connectivity index (χ4v) is 2.62. The molecule has 0 aliphatic heterocycles. The number of benzene rings is 1. The van der Waals surface area contributed by atoms with Crippen LogP contribution in [0.25, 0.3) is 16.7 Å². The lowest BCUT2D eigenvalue weighted by Gasteiger charge is -2.08. The number of nitrogens with one attached hydrogen (secondary N) is 1. The number of nitrogens with zero attached hydrogens (tertiary/aromatic N) is 3. The summed E-state index contributed by atoms with van der Waals surface area (Å²) in [5.74, 6) is 0.379. The molecule has 0 amide bonds. The average Bonchev–Trinajstić information content (AvgIpc) is 3.00. The van der Waals surface area contributed by atoms with Crippen LogP contribution in [0.5, 0.6) is 0 Å². The highest BCUT2D eigenvalue weighted by Crippen LogP contribution is 2.22. The van der Waals surface area contributed by atoms with Gasteiger partial charge in [0.2, 0.25) is 0 Å². The maximum Gasteiger partial charge on any atom is 0.326 e. The van der Waals surface area contributed by atoms with E-state index in [1.165, 1.54) is 0 Å². The van der Waals surface area contributed by atoms with E-state index in [1.54, 1.807) is 4.57 Å². The van der Waals surface area contributed by atoms with E-state index in [-0.39, 0.29) is 11.7 Å². The molecule has 0 unspecified atom stereocenters. The number of hydrogen-bond acceptors (Lipinski definition) is 2. The molecule has 0 radical (unpaired) electrons. The number of rotatable bonds is 3. The molecule has 21 heavy (non-hydrogen) atoms. The average molecular weight is 284 g/mol. The van der Waals surface area contributed by atoms with Crippen molar-refractivity contribution >= 4 is 11.0 Å². The van der Waals surface area contributed by atoms with Crippen LogP contribution >= 0.6 is 0 Å². The van der Waals surface area contributed by atoms with Crippen molar-refractivity contribution in [2.45, 2.75) is 39.7 Å². The third-order valence-corrected chi connectivity index (χ3v) is 3.70. The number of aromatic amines is 1. The van der Waals surface area contributed by atoms with Crippen molar-refractivity contribution in [3.05, 3.63) is 46.6 Å². The first-order valence-corrected chi connectivity index (χ1v) is 7.28. The van der Waals surface area contributed by atoms with Crippen molar-refractivity contribution in [1.82, 2.24) is 19.3 Å². The van der Waals surface area contributed by atoms with Crippen molar-refractivity contribution in [1.29, 1.82) is 0 Å². The first kappa shape index (κ1) is 13.7. The van der Waals surface area contributed by atoms with Crippen molar-refractivity contribution in [3.63, 3.8) is 0 Å². The summed E-state index contributed by atoms with van der Waals surface area (Å²) in [7, 11) is 0. The van der Waals surface area contributed by atoms with E-state index >= 15 is 0 Å². The van der Waals surface area contributed by atoms with Gasteiger partial charge in [-0.25, -0.2) is 9.48 Å². The molecular formula is C16H20N4O. The van der Waals surface area contributed by atoms with Gasteiger partial charge in [0.1, 0.15) is 0 Å². The molecule has 110 valence electrons. The molecule has 5 heteroatoms. The molecule has 3 rings (SSSR count). The van der Waals surface area contributed by atoms with Crippen molar-refractivity contribution in [2.75, 3.05) is 0 Å². The van der Waals surface area contributed by atoms with Gasteiger partial charge in [-0.15, -0.1) is 0 Å². The van der Waals surface area contributed by atoms with Gasteiger partial charge in [-0.2, -0.15) is 5.10 Å². The first-order chi connectivity index (χ1) is 9.99. The van der Waals surface area contributed by atoms with Crippen LogP contribution in [0.3, 0.4) is 0 Å². The number of imidazole rings is 1. The quantitative estimate of drug-likeness (QED) is 0.803. The summed E-state index contributed by atoms with van der Waals surface area (Å²) in [5.41, 5.74) is 3.60. The van der Waals surface area contributed by atoms with Crippen LogP contribution in [0, 0.1) is 0 Å². The zero-order chi connectivity index (χ0) is 15.1. The Morgan fingerprint density at radius 3 is 2.52 bits per heavy atom. The summed E-state index contributed by atoms with van der Waals surface area (Å²) in [5, 5.41) is 4.60. The van der Waals surface area contributed by atoms with Gasteiger partial charge in [-0.05, 0) is 38.0 Å². The molecule has 1 aromatic carbocycles. The molecule has 0 aliphatic rings. The predicted molar refractivity (Wildman–Crippen MR) is 84.2 cm³/mol. The largest absolute Gasteiger partial charge is 0.326 e. The van der Waals surface area contributed by atoms with E-state index in [0.29, 0.717) is 5.92 Å². The summed E-state index contributed by atoms with van der Waals surface area (Å²) >= 11 is 0. The predicted octanol–water partition coefficient (Wildman–Crippen LogP) is 3.22. The molecule has 0 saturated carbocycles. The lowest BCUT2D eigenvalue weighted by Crippen LogP contribution is -2.18. The van der Waals surface area contributed by atoms with E-state index in [0.717, 1.165) is 22.4 Å². The van der Waals surface area contributed by atoms with Gasteiger partial charge in [0.15, 0.2) is 0 Å². The summed E-state index contributed by atoms with van der Waals surface area (Å²) in [4.78, 5) is 15.1. The van der Waals surface area contributed by atoms with Gasteiger partial charge >= 0.3 is 5.69 Å². The summed E-state index contributed by atoms with van der Waals surface area (Å²) < 4.78 is 3.60. The highest BCUT2D eigenvalue weighted by Gasteiger charge is 2.14. The molecule has 1 N–H and O–H groups in total. The first-order valence-electron chi connectivity index (χ1n) is 7.28. The molecule has 2 aromatic heterocycles. The van der Waals surface area contributed by atoms with Crippen LogP contribution in [-0.4, -0.2) is 19.3 Å². The number of hydrogen-bond donors (Lipinski definition) is 1. The second-order valence-electron chi connectivity index (χ2n) is 5.91. The molecule has 0 aliphatic carbocycles. The van der Waals surface area contributed by atoms with E-state index < -0.39 is 0 Å². The Kier molecular flexibility index (Phi) is 3.20. The minimum absolute atomic E-state index is 0.0799. The number of para-hydroxylation sites is 1. The maximum absolute atomic E-state index is 12.2. The van der Waals surface area contributed by atoms with E-state index in [4.69, 9.17) is 0 Å². The Hall–Kier alpha value is -2.30. The Morgan fingerprint density at radius 1 is 1.14 bits per heavy atom. The number of aromatic nitrogens is 4. The second-order valence-corrected chi connectivity index (χ2v) is 5.91. The summed E-state index contributed by atoms with van der Waals surface area (Å²) in [6.45, 7) is 8.24. The third kappa shape index (κ3) is 2.18. The smallest absolute Gasteiger partial charge is 0.304 e. The molecule has 0 fully saturated rings. The van der Waals surface area contributed by atoms with E-state index in [9.17, 15) is 4.79 Å². The van der Waals surface area contributed by atoms with Gasteiger partial charge < -0.3 is 4.98 Å². The van der Waals surface area contributed by atoms with Gasteiger partial charge in [0.25, 0.3) is 0 Å². The standard InChI is InChI=1S/C16H20N4O/c1-10(2)12-8-9-19(18-12)13-6-5-7-14-15(13)17-16(21)20(14)11(3)4/h5-11H,1-4H3,(H,17,21). The minimum Gasteiger partial charge on any atom is -0.304 e. The molecule has 0 bridgehead atoms. The van der Waals surface area contributed by atoms with Gasteiger partial charge in [-0.3, -0.25) is 4.57 Å². The highest BCUT2D eigenvalue weighted by atomic mass is 16.1. The van der Waals surface area contributed by atoms with Crippen LogP contribution in [-0.2, 0) is 0 Å². The maximum atomic E-state index is 12.2. The fourth-order valence-electron chi connectivity index (χ4n) is 2.62. The van der Waals surface area contributed by atoms with Crippen LogP contribution in [0.2, 0.25) is 0 Å². The zero-order valence-electron chi connectivity index (χ0n) is 12.8. The number of H-pyrrole nitrogens is 1. The summed E-state index contributed by atoms with van der Waals surface area (Å²) in [6, 6.07) is 8.02. The third-order valence-electron chi connectivity index (χ3n) is 3.70. The Morgan fingerprint density at radius 2 is 1.90 bits per heavy atom. The SMILES string of the molecule is CC(C)c1ccn(-c2cccc3c2[nH]c(=O)n3C(C)C)n1. The topological polar surface area (TPSA) is 55.6 Å². The Labute approximate surface area is 123 Å². The monoisotopic (exact) mass is 284 g/mol. The highest BCUT2D eigenvalue weighted by molar-refractivity contribution is 5.84. The van der Waals surface area contributed by atoms with Crippen molar-refractivity contribution < 1.29 is 0 Å². The molecule has 3 aromatic rings. The van der Waals surface area contributed by atoms with Crippen LogP contribution in [0.4, 0.5) is 0 Å². The van der Waals surface area contributed by atoms with Crippen molar-refractivity contribution in [3.8, 4) is 5.69 Å². The normalized spacial score (nSPS) is 11.9. The van der Waals surface area contributed by atoms with Gasteiger partial charge in [0, 0.05) is 12.2 Å². The minimum atomic E-state index is -0.0799. The van der Waals surface area contributed by atoms with Crippen LogP contribution < -0.4 is 5.69 Å². The number of fused-ring (bicyclic) bond motifs is 1. The Bertz CT molecular complexity index is 835. The van der Waals surface area contributed by atoms with Crippen LogP contribution in [0.1, 0.15) is 45.3 Å². The molecule has 0 saturated heterocycles. The van der Waals surface area contributed by atoms with Crippen molar-refractivity contribution in [2.24, 2.45) is 0 Å². The Balaban J connectivity index is 2.23. The van der Waals surface area contributed by atoms with E-state index in [2.05, 4.69) is 23.9 Å². The lowest BCUT2D eigenvalue weighted by atomic mass is 10.1. The fraction of sp³-hybridized carbons (Fsp3) is 0.375.